The number of para-hydroxylation sites is 1. The molecule has 3 heterocycles. The van der Waals surface area contributed by atoms with Gasteiger partial charge in [-0.25, -0.2) is 14.8 Å². The lowest BCUT2D eigenvalue weighted by atomic mass is 10.1. The Morgan fingerprint density at radius 3 is 2.72 bits per heavy atom. The smallest absolute Gasteiger partial charge is 0.329 e. The molecule has 1 N–H and O–H groups in total. The van der Waals surface area contributed by atoms with Gasteiger partial charge in [-0.1, -0.05) is 12.1 Å². The lowest BCUT2D eigenvalue weighted by molar-refractivity contribution is -0.156. The number of anilines is 1. The molecule has 1 fully saturated rings. The molecule has 1 saturated heterocycles. The molecule has 9 nitrogen and oxygen atoms in total. The van der Waals surface area contributed by atoms with E-state index in [1.54, 1.807) is 32.6 Å². The van der Waals surface area contributed by atoms with Gasteiger partial charge in [0, 0.05) is 18.4 Å². The number of β-amino-alcohol motifs (C(OH)–C–C–N with tert-alkyl or cyclic N) is 1. The first-order valence-corrected chi connectivity index (χ1v) is 10.7. The zero-order chi connectivity index (χ0) is 23.0. The highest BCUT2D eigenvalue weighted by Gasteiger charge is 2.41. The largest absolute Gasteiger partial charge is 0.466 e. The number of hydrogen-bond acceptors (Lipinski definition) is 9. The molecule has 1 aliphatic heterocycles. The van der Waals surface area contributed by atoms with Crippen LogP contribution in [0.2, 0.25) is 0 Å². The van der Waals surface area contributed by atoms with Crippen molar-refractivity contribution >= 4 is 39.8 Å². The van der Waals surface area contributed by atoms with Crippen LogP contribution < -0.4 is 4.90 Å². The summed E-state index contributed by atoms with van der Waals surface area (Å²) in [7, 11) is 0. The topological polar surface area (TPSA) is 115 Å². The van der Waals surface area contributed by atoms with E-state index in [2.05, 4.69) is 9.97 Å². The van der Waals surface area contributed by atoms with Crippen molar-refractivity contribution < 1.29 is 28.6 Å². The van der Waals surface area contributed by atoms with Gasteiger partial charge in [-0.05, 0) is 39.8 Å². The Hall–Kier alpha value is -3.20. The van der Waals surface area contributed by atoms with Crippen molar-refractivity contribution in [3.05, 3.63) is 30.1 Å². The van der Waals surface area contributed by atoms with Gasteiger partial charge in [0.1, 0.15) is 35.0 Å². The number of esters is 2. The van der Waals surface area contributed by atoms with Crippen LogP contribution in [0.25, 0.3) is 22.1 Å². The Bertz CT molecular complexity index is 1170. The normalized spacial score (nSPS) is 19.0. The second-order valence-electron chi connectivity index (χ2n) is 8.81. The third-order valence-electron chi connectivity index (χ3n) is 5.09. The van der Waals surface area contributed by atoms with Crippen molar-refractivity contribution in [3.63, 3.8) is 0 Å². The molecule has 170 valence electrons. The number of ether oxygens (including phenoxy) is 2. The number of fused-ring (bicyclic) bond motifs is 3. The Kier molecular flexibility index (Phi) is 5.77. The van der Waals surface area contributed by atoms with Gasteiger partial charge in [0.2, 0.25) is 0 Å². The molecule has 4 rings (SSSR count). The second-order valence-corrected chi connectivity index (χ2v) is 8.81. The van der Waals surface area contributed by atoms with Crippen molar-refractivity contribution in [1.82, 2.24) is 9.97 Å². The Morgan fingerprint density at radius 2 is 2.00 bits per heavy atom. The van der Waals surface area contributed by atoms with E-state index in [-0.39, 0.29) is 31.8 Å². The Labute approximate surface area is 185 Å². The summed E-state index contributed by atoms with van der Waals surface area (Å²) in [6.45, 7) is 7.53. The summed E-state index contributed by atoms with van der Waals surface area (Å²) in [5.74, 6) is -0.306. The molecule has 0 bridgehead atoms. The van der Waals surface area contributed by atoms with Crippen molar-refractivity contribution in [2.45, 2.75) is 58.3 Å². The molecule has 0 saturated carbocycles. The molecule has 3 aromatic rings. The minimum atomic E-state index is -0.744. The highest BCUT2D eigenvalue weighted by molar-refractivity contribution is 6.06. The number of furan rings is 1. The average molecular weight is 441 g/mol. The van der Waals surface area contributed by atoms with Gasteiger partial charge in [0.15, 0.2) is 11.4 Å². The molecule has 2 aromatic heterocycles. The van der Waals surface area contributed by atoms with Gasteiger partial charge in [-0.2, -0.15) is 0 Å². The van der Waals surface area contributed by atoms with Crippen LogP contribution in [0.3, 0.4) is 0 Å². The predicted molar refractivity (Wildman–Crippen MR) is 117 cm³/mol. The highest BCUT2D eigenvalue weighted by Crippen LogP contribution is 2.36. The van der Waals surface area contributed by atoms with Crippen LogP contribution in [0.1, 0.15) is 39.9 Å². The summed E-state index contributed by atoms with van der Waals surface area (Å²) in [6.07, 6.45) is -0.659. The molecule has 32 heavy (non-hydrogen) atoms. The summed E-state index contributed by atoms with van der Waals surface area (Å²) >= 11 is 0. The number of aromatic nitrogens is 2. The number of aliphatic hydroxyl groups is 1. The van der Waals surface area contributed by atoms with E-state index in [4.69, 9.17) is 13.9 Å². The molecule has 1 aromatic carbocycles. The third kappa shape index (κ3) is 4.38. The zero-order valence-corrected chi connectivity index (χ0v) is 18.6. The maximum atomic E-state index is 12.9. The van der Waals surface area contributed by atoms with Gasteiger partial charge in [-0.3, -0.25) is 4.79 Å². The van der Waals surface area contributed by atoms with Crippen molar-refractivity contribution in [2.75, 3.05) is 18.1 Å². The molecule has 9 heteroatoms. The number of nitrogens with zero attached hydrogens (tertiary/aromatic N) is 3. The van der Waals surface area contributed by atoms with Crippen LogP contribution in [0.15, 0.2) is 28.7 Å². The first kappa shape index (κ1) is 22.0. The number of benzene rings is 1. The lowest BCUT2D eigenvalue weighted by Gasteiger charge is -2.27. The highest BCUT2D eigenvalue weighted by atomic mass is 16.6. The molecule has 0 spiro atoms. The van der Waals surface area contributed by atoms with E-state index < -0.39 is 29.7 Å². The zero-order valence-electron chi connectivity index (χ0n) is 18.6. The summed E-state index contributed by atoms with van der Waals surface area (Å²) in [5.41, 5.74) is 0.863. The monoisotopic (exact) mass is 441 g/mol. The molecular formula is C23H27N3O6. The quantitative estimate of drug-likeness (QED) is 0.597. The van der Waals surface area contributed by atoms with Crippen LogP contribution in [-0.2, 0) is 25.5 Å². The number of hydrogen-bond donors (Lipinski definition) is 1. The number of rotatable bonds is 5. The van der Waals surface area contributed by atoms with Crippen LogP contribution in [0.4, 0.5) is 5.82 Å². The number of aliphatic hydroxyl groups excluding tert-OH is 1. The Morgan fingerprint density at radius 1 is 1.25 bits per heavy atom. The van der Waals surface area contributed by atoms with E-state index in [0.717, 1.165) is 5.39 Å². The summed E-state index contributed by atoms with van der Waals surface area (Å²) in [6, 6.07) is 6.66. The minimum Gasteiger partial charge on any atom is -0.466 e. The van der Waals surface area contributed by atoms with Gasteiger partial charge in [0.25, 0.3) is 0 Å². The maximum absolute atomic E-state index is 12.9. The molecule has 0 aliphatic carbocycles. The van der Waals surface area contributed by atoms with Crippen molar-refractivity contribution in [2.24, 2.45) is 0 Å². The summed E-state index contributed by atoms with van der Waals surface area (Å²) in [4.78, 5) is 35.8. The van der Waals surface area contributed by atoms with E-state index in [0.29, 0.717) is 22.5 Å². The van der Waals surface area contributed by atoms with Crippen LogP contribution >= 0.6 is 0 Å². The average Bonchev–Trinajstić information content (AvgIpc) is 3.27. The van der Waals surface area contributed by atoms with E-state index in [1.165, 1.54) is 0 Å². The second kappa shape index (κ2) is 8.38. The minimum absolute atomic E-state index is 0.121. The Balaban J connectivity index is 1.83. The van der Waals surface area contributed by atoms with Crippen LogP contribution in [0.5, 0.6) is 0 Å². The van der Waals surface area contributed by atoms with E-state index >= 15 is 0 Å². The molecule has 2 atom stereocenters. The molecular weight excluding hydrogens is 414 g/mol. The van der Waals surface area contributed by atoms with Gasteiger partial charge in [0.05, 0.1) is 12.7 Å². The SMILES string of the molecule is CCOC(=O)Cc1nc(N2C[C@@H](O)C[C@H]2C(=O)OC(C)(C)C)c2oc3ccccc3c2n1. The first-order valence-electron chi connectivity index (χ1n) is 10.7. The predicted octanol–water partition coefficient (Wildman–Crippen LogP) is 2.76. The van der Waals surface area contributed by atoms with E-state index in [9.17, 15) is 14.7 Å². The third-order valence-corrected chi connectivity index (χ3v) is 5.09. The number of carbonyl (C=O) groups is 2. The van der Waals surface area contributed by atoms with Crippen molar-refractivity contribution in [3.8, 4) is 0 Å². The standard InChI is InChI=1S/C23H27N3O6/c1-5-30-18(28)11-17-24-19-14-8-6-7-9-16(14)31-20(19)21(25-17)26-12-13(27)10-15(26)22(29)32-23(2,3)4/h6-9,13,15,27H,5,10-12H2,1-4H3/t13-,15-/m0/s1. The fourth-order valence-corrected chi connectivity index (χ4v) is 3.88. The van der Waals surface area contributed by atoms with E-state index in [1.807, 2.05) is 24.3 Å². The molecule has 0 unspecified atom stereocenters. The van der Waals surface area contributed by atoms with Crippen molar-refractivity contribution in [1.29, 1.82) is 0 Å². The molecule has 0 radical (unpaired) electrons. The van der Waals surface area contributed by atoms with Crippen LogP contribution in [0, 0.1) is 0 Å². The maximum Gasteiger partial charge on any atom is 0.329 e. The number of carbonyl (C=O) groups excluding carboxylic acids is 2. The van der Waals surface area contributed by atoms with Gasteiger partial charge >= 0.3 is 11.9 Å². The molecule has 1 aliphatic rings. The fraction of sp³-hybridized carbons (Fsp3) is 0.478. The fourth-order valence-electron chi connectivity index (χ4n) is 3.88. The first-order chi connectivity index (χ1) is 15.2. The van der Waals surface area contributed by atoms with Gasteiger partial charge < -0.3 is 23.9 Å². The summed E-state index contributed by atoms with van der Waals surface area (Å²) in [5, 5.41) is 11.1. The molecule has 0 amide bonds. The van der Waals surface area contributed by atoms with Gasteiger partial charge in [-0.15, -0.1) is 0 Å². The summed E-state index contributed by atoms with van der Waals surface area (Å²) < 4.78 is 16.7. The lowest BCUT2D eigenvalue weighted by Crippen LogP contribution is -2.41. The van der Waals surface area contributed by atoms with Crippen LogP contribution in [-0.4, -0.2) is 57.9 Å².